The maximum atomic E-state index is 13.0. The number of ketones is 2. The van der Waals surface area contributed by atoms with Gasteiger partial charge in [0, 0.05) is 17.9 Å². The number of rotatable bonds is 8. The van der Waals surface area contributed by atoms with Gasteiger partial charge in [-0.2, -0.15) is 0 Å². The Morgan fingerprint density at radius 1 is 1.14 bits per heavy atom. The second-order valence-corrected chi connectivity index (χ2v) is 8.72. The molecule has 3 rings (SSSR count). The fourth-order valence-electron chi connectivity index (χ4n) is 3.84. The smallest absolute Gasteiger partial charge is 0.350 e. The van der Waals surface area contributed by atoms with Gasteiger partial charge in [0.15, 0.2) is 5.78 Å². The summed E-state index contributed by atoms with van der Waals surface area (Å²) < 4.78 is 5.03. The molecule has 1 aromatic carbocycles. The second kappa shape index (κ2) is 9.44. The number of thiazole rings is 1. The zero-order valence-electron chi connectivity index (χ0n) is 17.2. The van der Waals surface area contributed by atoms with Crippen molar-refractivity contribution < 1.29 is 19.1 Å². The molecular formula is C23H27NO4S. The Hall–Kier alpha value is -2.34. The van der Waals surface area contributed by atoms with E-state index in [-0.39, 0.29) is 30.3 Å². The van der Waals surface area contributed by atoms with Crippen molar-refractivity contribution in [1.29, 1.82) is 0 Å². The van der Waals surface area contributed by atoms with Gasteiger partial charge in [-0.25, -0.2) is 9.78 Å². The van der Waals surface area contributed by atoms with E-state index in [1.54, 1.807) is 13.8 Å². The topological polar surface area (TPSA) is 73.3 Å². The van der Waals surface area contributed by atoms with Crippen molar-refractivity contribution in [3.8, 4) is 0 Å². The van der Waals surface area contributed by atoms with Crippen LogP contribution in [-0.2, 0) is 22.4 Å². The summed E-state index contributed by atoms with van der Waals surface area (Å²) in [5.41, 5.74) is 3.09. The number of carbonyl (C=O) groups is 3. The van der Waals surface area contributed by atoms with Gasteiger partial charge in [-0.3, -0.25) is 9.59 Å². The average Bonchev–Trinajstić information content (AvgIpc) is 3.32. The number of hydrogen-bond donors (Lipinski definition) is 0. The molecule has 2 aromatic rings. The fourth-order valence-corrected chi connectivity index (χ4v) is 4.83. The lowest BCUT2D eigenvalue weighted by atomic mass is 9.90. The SMILES string of the molecule is CCOC(=O)c1sc(CC(=O)Cc2ccc(C)cc2C(=O)C2CCCC2)nc1C. The Bertz CT molecular complexity index is 925. The molecule has 0 saturated heterocycles. The summed E-state index contributed by atoms with van der Waals surface area (Å²) in [6.07, 6.45) is 4.42. The summed E-state index contributed by atoms with van der Waals surface area (Å²) in [7, 11) is 0. The van der Waals surface area contributed by atoms with Crippen molar-refractivity contribution in [2.75, 3.05) is 6.61 Å². The molecule has 29 heavy (non-hydrogen) atoms. The highest BCUT2D eigenvalue weighted by Gasteiger charge is 2.26. The molecule has 6 heteroatoms. The first-order valence-corrected chi connectivity index (χ1v) is 11.0. The minimum atomic E-state index is -0.399. The summed E-state index contributed by atoms with van der Waals surface area (Å²) in [6.45, 7) is 5.77. The molecule has 1 aliphatic carbocycles. The first kappa shape index (κ1) is 21.4. The minimum Gasteiger partial charge on any atom is -0.462 e. The van der Waals surface area contributed by atoms with Gasteiger partial charge in [0.05, 0.1) is 18.7 Å². The van der Waals surface area contributed by atoms with Crippen molar-refractivity contribution in [3.63, 3.8) is 0 Å². The number of aryl methyl sites for hydroxylation is 2. The molecule has 0 spiro atoms. The third-order valence-corrected chi connectivity index (χ3v) is 6.43. The first-order valence-electron chi connectivity index (χ1n) is 10.2. The Morgan fingerprint density at radius 3 is 2.55 bits per heavy atom. The summed E-state index contributed by atoms with van der Waals surface area (Å²) in [5, 5.41) is 0.603. The van der Waals surface area contributed by atoms with E-state index in [9.17, 15) is 14.4 Å². The van der Waals surface area contributed by atoms with E-state index in [1.807, 2.05) is 25.1 Å². The standard InChI is InChI=1S/C23H27NO4S/c1-4-28-23(27)22-15(3)24-20(29-22)13-18(25)12-17-10-9-14(2)11-19(17)21(26)16-7-5-6-8-16/h9-11,16H,4-8,12-13H2,1-3H3. The molecule has 0 unspecified atom stereocenters. The Morgan fingerprint density at radius 2 is 1.86 bits per heavy atom. The highest BCUT2D eigenvalue weighted by Crippen LogP contribution is 2.30. The molecule has 0 atom stereocenters. The molecule has 0 aliphatic heterocycles. The maximum Gasteiger partial charge on any atom is 0.350 e. The molecule has 0 amide bonds. The maximum absolute atomic E-state index is 13.0. The zero-order valence-corrected chi connectivity index (χ0v) is 18.1. The molecule has 1 aromatic heterocycles. The molecule has 1 fully saturated rings. The largest absolute Gasteiger partial charge is 0.462 e. The van der Waals surface area contributed by atoms with Gasteiger partial charge in [0.1, 0.15) is 15.7 Å². The van der Waals surface area contributed by atoms with Crippen LogP contribution in [0, 0.1) is 19.8 Å². The van der Waals surface area contributed by atoms with Gasteiger partial charge in [0.25, 0.3) is 0 Å². The van der Waals surface area contributed by atoms with E-state index in [4.69, 9.17) is 4.74 Å². The Kier molecular flexibility index (Phi) is 6.96. The molecule has 0 radical (unpaired) electrons. The van der Waals surface area contributed by atoms with Crippen LogP contribution < -0.4 is 0 Å². The molecule has 0 N–H and O–H groups in total. The van der Waals surface area contributed by atoms with Crippen LogP contribution in [0.15, 0.2) is 18.2 Å². The predicted molar refractivity (Wildman–Crippen MR) is 113 cm³/mol. The van der Waals surface area contributed by atoms with Crippen LogP contribution in [0.5, 0.6) is 0 Å². The number of aromatic nitrogens is 1. The highest BCUT2D eigenvalue weighted by atomic mass is 32.1. The van der Waals surface area contributed by atoms with E-state index in [1.165, 1.54) is 11.3 Å². The number of hydrogen-bond acceptors (Lipinski definition) is 6. The molecular weight excluding hydrogens is 386 g/mol. The van der Waals surface area contributed by atoms with Crippen LogP contribution in [-0.4, -0.2) is 29.1 Å². The predicted octanol–water partition coefficient (Wildman–Crippen LogP) is 4.66. The summed E-state index contributed by atoms with van der Waals surface area (Å²) in [6, 6.07) is 5.75. The first-order chi connectivity index (χ1) is 13.9. The van der Waals surface area contributed by atoms with Crippen molar-refractivity contribution in [1.82, 2.24) is 4.98 Å². The molecule has 5 nitrogen and oxygen atoms in total. The van der Waals surface area contributed by atoms with Crippen molar-refractivity contribution in [2.24, 2.45) is 5.92 Å². The summed E-state index contributed by atoms with van der Waals surface area (Å²) in [5.74, 6) is -0.161. The third kappa shape index (κ3) is 5.18. The lowest BCUT2D eigenvalue weighted by Crippen LogP contribution is -2.16. The van der Waals surface area contributed by atoms with Crippen LogP contribution >= 0.6 is 11.3 Å². The van der Waals surface area contributed by atoms with Crippen LogP contribution in [0.4, 0.5) is 0 Å². The molecule has 1 aliphatic rings. The van der Waals surface area contributed by atoms with Gasteiger partial charge in [-0.15, -0.1) is 11.3 Å². The fraction of sp³-hybridized carbons (Fsp3) is 0.478. The highest BCUT2D eigenvalue weighted by molar-refractivity contribution is 7.13. The number of carbonyl (C=O) groups excluding carboxylic acids is 3. The van der Waals surface area contributed by atoms with Gasteiger partial charge in [-0.05, 0) is 45.2 Å². The average molecular weight is 414 g/mol. The van der Waals surface area contributed by atoms with Crippen molar-refractivity contribution in [3.05, 3.63) is 50.5 Å². The van der Waals surface area contributed by atoms with Crippen LogP contribution in [0.2, 0.25) is 0 Å². The third-order valence-electron chi connectivity index (χ3n) is 5.29. The number of esters is 1. The number of ether oxygens (including phenoxy) is 1. The van der Waals surface area contributed by atoms with Crippen LogP contribution in [0.1, 0.15) is 74.5 Å². The summed E-state index contributed by atoms with van der Waals surface area (Å²) >= 11 is 1.21. The lowest BCUT2D eigenvalue weighted by molar-refractivity contribution is -0.117. The molecule has 154 valence electrons. The zero-order chi connectivity index (χ0) is 21.0. The van der Waals surface area contributed by atoms with Gasteiger partial charge >= 0.3 is 5.97 Å². The second-order valence-electron chi connectivity index (χ2n) is 7.64. The summed E-state index contributed by atoms with van der Waals surface area (Å²) in [4.78, 5) is 42.5. The quantitative estimate of drug-likeness (QED) is 0.465. The normalized spacial score (nSPS) is 14.2. The van der Waals surface area contributed by atoms with E-state index in [2.05, 4.69) is 4.98 Å². The van der Waals surface area contributed by atoms with Gasteiger partial charge in [-0.1, -0.05) is 30.5 Å². The van der Waals surface area contributed by atoms with Crippen LogP contribution in [0.25, 0.3) is 0 Å². The monoisotopic (exact) mass is 413 g/mol. The number of nitrogens with zero attached hydrogens (tertiary/aromatic N) is 1. The van der Waals surface area contributed by atoms with Crippen molar-refractivity contribution >= 4 is 28.9 Å². The lowest BCUT2D eigenvalue weighted by Gasteiger charge is -2.13. The Balaban J connectivity index is 1.73. The Labute approximate surface area is 175 Å². The van der Waals surface area contributed by atoms with Gasteiger partial charge < -0.3 is 4.74 Å². The molecule has 1 heterocycles. The van der Waals surface area contributed by atoms with E-state index in [0.29, 0.717) is 27.7 Å². The minimum absolute atomic E-state index is 0.0153. The van der Waals surface area contributed by atoms with E-state index >= 15 is 0 Å². The number of Topliss-reactive ketones (excluding diaryl/α,β-unsaturated/α-hetero) is 2. The number of benzene rings is 1. The van der Waals surface area contributed by atoms with Gasteiger partial charge in [0.2, 0.25) is 0 Å². The van der Waals surface area contributed by atoms with E-state index < -0.39 is 5.97 Å². The molecule has 0 bridgehead atoms. The van der Waals surface area contributed by atoms with E-state index in [0.717, 1.165) is 36.8 Å². The molecule has 1 saturated carbocycles. The van der Waals surface area contributed by atoms with Crippen molar-refractivity contribution in [2.45, 2.75) is 59.3 Å². The van der Waals surface area contributed by atoms with Crippen LogP contribution in [0.3, 0.4) is 0 Å².